The number of rotatable bonds is 9. The molecule has 0 radical (unpaired) electrons. The second-order valence-corrected chi connectivity index (χ2v) is 7.00. The maximum atomic E-state index is 12.3. The lowest BCUT2D eigenvalue weighted by atomic mass is 10.1. The van der Waals surface area contributed by atoms with Crippen molar-refractivity contribution in [1.29, 1.82) is 0 Å². The van der Waals surface area contributed by atoms with Gasteiger partial charge in [-0.3, -0.25) is 14.4 Å². The summed E-state index contributed by atoms with van der Waals surface area (Å²) in [6, 6.07) is 13.9. The summed E-state index contributed by atoms with van der Waals surface area (Å²) < 4.78 is 10.7. The summed E-state index contributed by atoms with van der Waals surface area (Å²) in [5.41, 5.74) is 1.29. The number of methoxy groups -OCH3 is 1. The minimum Gasteiger partial charge on any atom is -0.497 e. The van der Waals surface area contributed by atoms with Crippen LogP contribution in [0.1, 0.15) is 6.42 Å². The number of nitrogens with one attached hydrogen (secondary N) is 2. The molecule has 0 aliphatic carbocycles. The summed E-state index contributed by atoms with van der Waals surface area (Å²) in [6.07, 6.45) is 1.77. The Bertz CT molecular complexity index is 958. The number of hydrogen-bond donors (Lipinski definition) is 2. The Morgan fingerprint density at radius 3 is 2.68 bits per heavy atom. The smallest absolute Gasteiger partial charge is 0.262 e. The molecule has 0 unspecified atom stereocenters. The average Bonchev–Trinajstić information content (AvgIpc) is 3.18. The number of amides is 3. The molecule has 1 atom stereocenters. The molecule has 2 aromatic carbocycles. The van der Waals surface area contributed by atoms with Crippen LogP contribution in [0, 0.1) is 5.92 Å². The zero-order valence-corrected chi connectivity index (χ0v) is 17.3. The zero-order valence-electron chi connectivity index (χ0n) is 17.3. The van der Waals surface area contributed by atoms with Crippen LogP contribution in [0.3, 0.4) is 0 Å². The summed E-state index contributed by atoms with van der Waals surface area (Å²) in [7, 11) is 1.56. The van der Waals surface area contributed by atoms with Gasteiger partial charge in [-0.25, -0.2) is 0 Å². The predicted octanol–water partition coefficient (Wildman–Crippen LogP) is 2.37. The molecule has 0 spiro atoms. The monoisotopic (exact) mass is 423 g/mol. The molecule has 1 saturated heterocycles. The molecule has 1 aliphatic rings. The van der Waals surface area contributed by atoms with Crippen LogP contribution in [0.5, 0.6) is 11.5 Å². The van der Waals surface area contributed by atoms with Gasteiger partial charge in [0.15, 0.2) is 6.61 Å². The van der Waals surface area contributed by atoms with E-state index in [-0.39, 0.29) is 36.7 Å². The highest BCUT2D eigenvalue weighted by Gasteiger charge is 2.34. The predicted molar refractivity (Wildman–Crippen MR) is 117 cm³/mol. The highest BCUT2D eigenvalue weighted by Crippen LogP contribution is 2.27. The Morgan fingerprint density at radius 2 is 1.97 bits per heavy atom. The van der Waals surface area contributed by atoms with Crippen LogP contribution in [-0.4, -0.2) is 44.5 Å². The first-order valence-electron chi connectivity index (χ1n) is 9.86. The first kappa shape index (κ1) is 21.9. The van der Waals surface area contributed by atoms with Crippen LogP contribution in [0.25, 0.3) is 0 Å². The second kappa shape index (κ2) is 10.3. The molecular formula is C23H25N3O5. The summed E-state index contributed by atoms with van der Waals surface area (Å²) in [5, 5.41) is 5.46. The van der Waals surface area contributed by atoms with Gasteiger partial charge < -0.3 is 25.0 Å². The fourth-order valence-electron chi connectivity index (χ4n) is 3.22. The van der Waals surface area contributed by atoms with E-state index in [1.165, 1.54) is 0 Å². The van der Waals surface area contributed by atoms with Crippen molar-refractivity contribution in [3.8, 4) is 11.5 Å². The Morgan fingerprint density at radius 1 is 1.19 bits per heavy atom. The fraction of sp³-hybridized carbons (Fsp3) is 0.261. The van der Waals surface area contributed by atoms with Gasteiger partial charge in [-0.1, -0.05) is 12.1 Å². The number of benzene rings is 2. The summed E-state index contributed by atoms with van der Waals surface area (Å²) in [4.78, 5) is 38.1. The van der Waals surface area contributed by atoms with E-state index in [0.29, 0.717) is 36.0 Å². The number of hydrogen-bond acceptors (Lipinski definition) is 5. The number of nitrogens with zero attached hydrogens (tertiary/aromatic N) is 1. The fourth-order valence-corrected chi connectivity index (χ4v) is 3.22. The van der Waals surface area contributed by atoms with Gasteiger partial charge in [-0.05, 0) is 36.4 Å². The minimum atomic E-state index is -0.385. The molecule has 2 N–H and O–H groups in total. The number of carbonyl (C=O) groups is 3. The van der Waals surface area contributed by atoms with Crippen LogP contribution in [0.4, 0.5) is 11.4 Å². The van der Waals surface area contributed by atoms with Crippen molar-refractivity contribution in [3.63, 3.8) is 0 Å². The van der Waals surface area contributed by atoms with Gasteiger partial charge in [0.25, 0.3) is 5.91 Å². The van der Waals surface area contributed by atoms with Gasteiger partial charge in [0.05, 0.1) is 13.0 Å². The zero-order chi connectivity index (χ0) is 22.2. The third kappa shape index (κ3) is 5.85. The third-order valence-electron chi connectivity index (χ3n) is 4.79. The molecule has 0 saturated carbocycles. The largest absolute Gasteiger partial charge is 0.497 e. The molecule has 162 valence electrons. The van der Waals surface area contributed by atoms with Gasteiger partial charge >= 0.3 is 0 Å². The SMILES string of the molecule is C=CCNC(=O)[C@@H]1CC(=O)N(c2ccc(OCC(=O)Nc3cccc(OC)c3)cc2)C1. The molecule has 0 bridgehead atoms. The first-order valence-corrected chi connectivity index (χ1v) is 9.86. The van der Waals surface area contributed by atoms with Gasteiger partial charge in [-0.15, -0.1) is 6.58 Å². The number of anilines is 2. The molecule has 3 rings (SSSR count). The van der Waals surface area contributed by atoms with Crippen molar-refractivity contribution >= 4 is 29.1 Å². The molecule has 1 aliphatic heterocycles. The van der Waals surface area contributed by atoms with Crippen LogP contribution in [0.2, 0.25) is 0 Å². The average molecular weight is 423 g/mol. The molecule has 2 aromatic rings. The lowest BCUT2D eigenvalue weighted by molar-refractivity contribution is -0.126. The first-order chi connectivity index (χ1) is 15.0. The van der Waals surface area contributed by atoms with Crippen molar-refractivity contribution < 1.29 is 23.9 Å². The summed E-state index contributed by atoms with van der Waals surface area (Å²) >= 11 is 0. The lowest BCUT2D eigenvalue weighted by Crippen LogP contribution is -2.32. The maximum Gasteiger partial charge on any atom is 0.262 e. The molecule has 8 nitrogen and oxygen atoms in total. The number of ether oxygens (including phenoxy) is 2. The quantitative estimate of drug-likeness (QED) is 0.604. The van der Waals surface area contributed by atoms with Crippen LogP contribution < -0.4 is 25.0 Å². The van der Waals surface area contributed by atoms with E-state index in [4.69, 9.17) is 9.47 Å². The topological polar surface area (TPSA) is 97.0 Å². The maximum absolute atomic E-state index is 12.3. The van der Waals surface area contributed by atoms with Crippen molar-refractivity contribution in [3.05, 3.63) is 61.2 Å². The highest BCUT2D eigenvalue weighted by atomic mass is 16.5. The van der Waals surface area contributed by atoms with E-state index in [1.54, 1.807) is 66.6 Å². The van der Waals surface area contributed by atoms with Crippen molar-refractivity contribution in [1.82, 2.24) is 5.32 Å². The second-order valence-electron chi connectivity index (χ2n) is 7.00. The van der Waals surface area contributed by atoms with Crippen LogP contribution in [0.15, 0.2) is 61.2 Å². The molecule has 1 fully saturated rings. The van der Waals surface area contributed by atoms with Crippen LogP contribution in [-0.2, 0) is 14.4 Å². The Hall–Kier alpha value is -3.81. The molecule has 8 heteroatoms. The minimum absolute atomic E-state index is 0.106. The normalized spacial score (nSPS) is 15.3. The molecule has 3 amide bonds. The Balaban J connectivity index is 1.52. The van der Waals surface area contributed by atoms with Gasteiger partial charge in [0.1, 0.15) is 11.5 Å². The van der Waals surface area contributed by atoms with E-state index < -0.39 is 0 Å². The van der Waals surface area contributed by atoms with Crippen molar-refractivity contribution in [2.24, 2.45) is 5.92 Å². The van der Waals surface area contributed by atoms with E-state index in [9.17, 15) is 14.4 Å². The van der Waals surface area contributed by atoms with E-state index in [2.05, 4.69) is 17.2 Å². The van der Waals surface area contributed by atoms with Gasteiger partial charge in [0.2, 0.25) is 11.8 Å². The summed E-state index contributed by atoms with van der Waals surface area (Å²) in [5.74, 6) is 0.189. The third-order valence-corrected chi connectivity index (χ3v) is 4.79. The van der Waals surface area contributed by atoms with Gasteiger partial charge in [-0.2, -0.15) is 0 Å². The van der Waals surface area contributed by atoms with Crippen molar-refractivity contribution in [2.75, 3.05) is 37.0 Å². The van der Waals surface area contributed by atoms with Gasteiger partial charge in [0, 0.05) is 37.0 Å². The van der Waals surface area contributed by atoms with Crippen LogP contribution >= 0.6 is 0 Å². The molecular weight excluding hydrogens is 398 g/mol. The van der Waals surface area contributed by atoms with E-state index >= 15 is 0 Å². The Labute approximate surface area is 180 Å². The van der Waals surface area contributed by atoms with E-state index in [0.717, 1.165) is 0 Å². The molecule has 1 heterocycles. The Kier molecular flexibility index (Phi) is 7.26. The highest BCUT2D eigenvalue weighted by molar-refractivity contribution is 6.00. The van der Waals surface area contributed by atoms with E-state index in [1.807, 2.05) is 0 Å². The lowest BCUT2D eigenvalue weighted by Gasteiger charge is -2.17. The molecule has 0 aromatic heterocycles. The molecule has 31 heavy (non-hydrogen) atoms. The number of carbonyl (C=O) groups excluding carboxylic acids is 3. The summed E-state index contributed by atoms with van der Waals surface area (Å²) in [6.45, 7) is 4.10. The standard InChI is InChI=1S/C23H25N3O5/c1-3-11-24-23(29)16-12-22(28)26(14-16)18-7-9-19(10-8-18)31-15-21(27)25-17-5-4-6-20(13-17)30-2/h3-10,13,16H,1,11-12,14-15H2,2H3,(H,24,29)(H,25,27)/t16-/m1/s1. The van der Waals surface area contributed by atoms with Crippen molar-refractivity contribution in [2.45, 2.75) is 6.42 Å².